The minimum atomic E-state index is -0.300. The van der Waals surface area contributed by atoms with Crippen molar-refractivity contribution in [1.82, 2.24) is 10.2 Å². The van der Waals surface area contributed by atoms with Crippen LogP contribution in [-0.2, 0) is 4.79 Å². The number of anilines is 1. The fourth-order valence-electron chi connectivity index (χ4n) is 2.86. The molecule has 0 unspecified atom stereocenters. The monoisotopic (exact) mass is 386 g/mol. The van der Waals surface area contributed by atoms with Gasteiger partial charge in [-0.3, -0.25) is 4.79 Å². The fraction of sp³-hybridized carbons (Fsp3) is 0.529. The van der Waals surface area contributed by atoms with Crippen LogP contribution in [-0.4, -0.2) is 43.0 Å². The van der Waals surface area contributed by atoms with Gasteiger partial charge in [-0.05, 0) is 63.5 Å². The van der Waals surface area contributed by atoms with Crippen LogP contribution in [0.1, 0.15) is 25.7 Å². The predicted octanol–water partition coefficient (Wildman–Crippen LogP) is 3.09. The summed E-state index contributed by atoms with van der Waals surface area (Å²) in [5.41, 5.74) is 5.82. The summed E-state index contributed by atoms with van der Waals surface area (Å²) in [4.78, 5) is 25.3. The highest BCUT2D eigenvalue weighted by atomic mass is 35.5. The molecule has 1 aromatic carbocycles. The van der Waals surface area contributed by atoms with E-state index < -0.39 is 0 Å². The van der Waals surface area contributed by atoms with Gasteiger partial charge >= 0.3 is 6.03 Å². The summed E-state index contributed by atoms with van der Waals surface area (Å²) in [5, 5.41) is 6.45. The normalized spacial score (nSPS) is 15.8. The zero-order valence-electron chi connectivity index (χ0n) is 14.1. The molecule has 4 N–H and O–H groups in total. The smallest absolute Gasteiger partial charge is 0.319 e. The maximum absolute atomic E-state index is 11.9. The molecule has 0 aromatic heterocycles. The summed E-state index contributed by atoms with van der Waals surface area (Å²) in [6.45, 7) is 3.38. The molecule has 0 bridgehead atoms. The standard InChI is InChI=1S/C17H24Cl2N4O2/c18-13-3-4-14(19)15(11-13)22-17(25)21-7-1-2-8-23-9-5-12(6-10-23)16(20)24/h3-4,11-12H,1-2,5-10H2,(H2,20,24)(H2,21,22,25). The topological polar surface area (TPSA) is 87.5 Å². The Kier molecular flexibility index (Phi) is 7.81. The molecule has 3 amide bonds. The van der Waals surface area contributed by atoms with Gasteiger partial charge in [0, 0.05) is 17.5 Å². The molecular weight excluding hydrogens is 363 g/mol. The number of piperidine rings is 1. The highest BCUT2D eigenvalue weighted by Gasteiger charge is 2.22. The third-order valence-electron chi connectivity index (χ3n) is 4.35. The Bertz CT molecular complexity index is 604. The minimum Gasteiger partial charge on any atom is -0.369 e. The van der Waals surface area contributed by atoms with Gasteiger partial charge < -0.3 is 21.3 Å². The molecule has 1 aliphatic heterocycles. The Morgan fingerprint density at radius 1 is 1.20 bits per heavy atom. The van der Waals surface area contributed by atoms with E-state index in [2.05, 4.69) is 15.5 Å². The van der Waals surface area contributed by atoms with E-state index in [1.165, 1.54) is 0 Å². The van der Waals surface area contributed by atoms with E-state index in [9.17, 15) is 9.59 Å². The van der Waals surface area contributed by atoms with Gasteiger partial charge in [0.25, 0.3) is 0 Å². The van der Waals surface area contributed by atoms with Crippen molar-refractivity contribution in [3.05, 3.63) is 28.2 Å². The molecule has 1 fully saturated rings. The number of hydrogen-bond donors (Lipinski definition) is 3. The number of unbranched alkanes of at least 4 members (excludes halogenated alkanes) is 1. The van der Waals surface area contributed by atoms with Gasteiger partial charge in [0.05, 0.1) is 10.7 Å². The van der Waals surface area contributed by atoms with Crippen molar-refractivity contribution in [2.45, 2.75) is 25.7 Å². The second-order valence-electron chi connectivity index (χ2n) is 6.23. The number of carbonyl (C=O) groups is 2. The molecule has 0 radical (unpaired) electrons. The van der Waals surface area contributed by atoms with Crippen molar-refractivity contribution in [3.63, 3.8) is 0 Å². The van der Waals surface area contributed by atoms with Crippen LogP contribution in [0.2, 0.25) is 10.0 Å². The minimum absolute atomic E-state index is 0.0277. The lowest BCUT2D eigenvalue weighted by Crippen LogP contribution is -2.39. The quantitative estimate of drug-likeness (QED) is 0.629. The van der Waals surface area contributed by atoms with E-state index in [0.29, 0.717) is 22.3 Å². The first-order valence-corrected chi connectivity index (χ1v) is 9.23. The number of hydrogen-bond acceptors (Lipinski definition) is 3. The Labute approximate surface area is 158 Å². The van der Waals surface area contributed by atoms with E-state index in [1.54, 1.807) is 18.2 Å². The number of likely N-dealkylation sites (tertiary alicyclic amines) is 1. The molecule has 2 rings (SSSR count). The fourth-order valence-corrected chi connectivity index (χ4v) is 3.20. The molecule has 138 valence electrons. The Morgan fingerprint density at radius 3 is 2.60 bits per heavy atom. The van der Waals surface area contributed by atoms with Crippen molar-refractivity contribution >= 4 is 40.8 Å². The average molecular weight is 387 g/mol. The first-order chi connectivity index (χ1) is 12.0. The molecule has 6 nitrogen and oxygen atoms in total. The Morgan fingerprint density at radius 2 is 1.92 bits per heavy atom. The number of nitrogens with two attached hydrogens (primary N) is 1. The van der Waals surface area contributed by atoms with Gasteiger partial charge in [0.1, 0.15) is 0 Å². The van der Waals surface area contributed by atoms with Crippen LogP contribution in [0.15, 0.2) is 18.2 Å². The largest absolute Gasteiger partial charge is 0.369 e. The van der Waals surface area contributed by atoms with Crippen molar-refractivity contribution < 1.29 is 9.59 Å². The molecule has 0 aliphatic carbocycles. The van der Waals surface area contributed by atoms with Crippen molar-refractivity contribution in [3.8, 4) is 0 Å². The van der Waals surface area contributed by atoms with Crippen LogP contribution in [0.3, 0.4) is 0 Å². The number of nitrogens with one attached hydrogen (secondary N) is 2. The van der Waals surface area contributed by atoms with Crippen molar-refractivity contribution in [2.75, 3.05) is 31.5 Å². The summed E-state index contributed by atoms with van der Waals surface area (Å²) in [6, 6.07) is 4.62. The number of amides is 3. The highest BCUT2D eigenvalue weighted by molar-refractivity contribution is 6.35. The van der Waals surface area contributed by atoms with Gasteiger partial charge in [-0.1, -0.05) is 23.2 Å². The zero-order valence-corrected chi connectivity index (χ0v) is 15.6. The number of urea groups is 1. The molecule has 1 aromatic rings. The molecule has 8 heteroatoms. The van der Waals surface area contributed by atoms with Crippen LogP contribution in [0, 0.1) is 5.92 Å². The Balaban J connectivity index is 1.58. The number of nitrogens with zero attached hydrogens (tertiary/aromatic N) is 1. The van der Waals surface area contributed by atoms with E-state index in [4.69, 9.17) is 28.9 Å². The van der Waals surface area contributed by atoms with Gasteiger partial charge in [-0.25, -0.2) is 4.79 Å². The number of benzene rings is 1. The van der Waals surface area contributed by atoms with Crippen LogP contribution in [0.25, 0.3) is 0 Å². The first kappa shape index (κ1) is 19.8. The lowest BCUT2D eigenvalue weighted by molar-refractivity contribution is -0.123. The maximum atomic E-state index is 11.9. The van der Waals surface area contributed by atoms with Gasteiger partial charge in [-0.15, -0.1) is 0 Å². The maximum Gasteiger partial charge on any atom is 0.319 e. The van der Waals surface area contributed by atoms with Gasteiger partial charge in [0.2, 0.25) is 5.91 Å². The summed E-state index contributed by atoms with van der Waals surface area (Å²) < 4.78 is 0. The van der Waals surface area contributed by atoms with E-state index >= 15 is 0 Å². The molecule has 0 atom stereocenters. The second-order valence-corrected chi connectivity index (χ2v) is 7.07. The summed E-state index contributed by atoms with van der Waals surface area (Å²) in [6.07, 6.45) is 3.55. The highest BCUT2D eigenvalue weighted by Crippen LogP contribution is 2.25. The molecule has 25 heavy (non-hydrogen) atoms. The number of rotatable bonds is 7. The molecule has 1 heterocycles. The number of primary amides is 1. The van der Waals surface area contributed by atoms with E-state index in [0.717, 1.165) is 45.3 Å². The van der Waals surface area contributed by atoms with Gasteiger partial charge in [0.15, 0.2) is 0 Å². The molecule has 1 saturated heterocycles. The summed E-state index contributed by atoms with van der Waals surface area (Å²) in [5.74, 6) is -0.158. The van der Waals surface area contributed by atoms with Crippen LogP contribution >= 0.6 is 23.2 Å². The molecular formula is C17H24Cl2N4O2. The lowest BCUT2D eigenvalue weighted by atomic mass is 9.96. The first-order valence-electron chi connectivity index (χ1n) is 8.47. The van der Waals surface area contributed by atoms with Crippen LogP contribution in [0.4, 0.5) is 10.5 Å². The lowest BCUT2D eigenvalue weighted by Gasteiger charge is -2.30. The van der Waals surface area contributed by atoms with Gasteiger partial charge in [-0.2, -0.15) is 0 Å². The zero-order chi connectivity index (χ0) is 18.2. The van der Waals surface area contributed by atoms with Crippen molar-refractivity contribution in [2.24, 2.45) is 11.7 Å². The predicted molar refractivity (Wildman–Crippen MR) is 101 cm³/mol. The Hall–Kier alpha value is -1.50. The van der Waals surface area contributed by atoms with E-state index in [-0.39, 0.29) is 17.9 Å². The van der Waals surface area contributed by atoms with Crippen molar-refractivity contribution in [1.29, 1.82) is 0 Å². The molecule has 0 saturated carbocycles. The molecule has 0 spiro atoms. The average Bonchev–Trinajstić information content (AvgIpc) is 2.58. The van der Waals surface area contributed by atoms with E-state index in [1.807, 2.05) is 0 Å². The second kappa shape index (κ2) is 9.85. The molecule has 1 aliphatic rings. The third kappa shape index (κ3) is 6.72. The number of halogens is 2. The number of carbonyl (C=O) groups excluding carboxylic acids is 2. The summed E-state index contributed by atoms with van der Waals surface area (Å²) >= 11 is 11.9. The SMILES string of the molecule is NC(=O)C1CCN(CCCCNC(=O)Nc2cc(Cl)ccc2Cl)CC1. The third-order valence-corrected chi connectivity index (χ3v) is 4.92. The summed E-state index contributed by atoms with van der Waals surface area (Å²) in [7, 11) is 0. The van der Waals surface area contributed by atoms with Crippen LogP contribution < -0.4 is 16.4 Å². The van der Waals surface area contributed by atoms with Crippen LogP contribution in [0.5, 0.6) is 0 Å².